The van der Waals surface area contributed by atoms with Crippen molar-refractivity contribution in [3.05, 3.63) is 33.8 Å². The minimum atomic E-state index is 0.151. The molecule has 21 heavy (non-hydrogen) atoms. The molecule has 0 amide bonds. The van der Waals surface area contributed by atoms with Crippen molar-refractivity contribution in [2.45, 2.75) is 38.5 Å². The summed E-state index contributed by atoms with van der Waals surface area (Å²) in [5.74, 6) is 0. The Balaban J connectivity index is 2.09. The van der Waals surface area contributed by atoms with Gasteiger partial charge in [-0.1, -0.05) is 29.3 Å². The third kappa shape index (κ3) is 4.33. The van der Waals surface area contributed by atoms with Crippen molar-refractivity contribution in [1.82, 2.24) is 10.2 Å². The Morgan fingerprint density at radius 1 is 1.33 bits per heavy atom. The van der Waals surface area contributed by atoms with Gasteiger partial charge in [0.1, 0.15) is 0 Å². The fourth-order valence-electron chi connectivity index (χ4n) is 2.78. The second kappa shape index (κ2) is 7.80. The number of morpholine rings is 1. The Labute approximate surface area is 137 Å². The fourth-order valence-corrected chi connectivity index (χ4v) is 3.33. The van der Waals surface area contributed by atoms with Crippen molar-refractivity contribution in [2.24, 2.45) is 0 Å². The summed E-state index contributed by atoms with van der Waals surface area (Å²) in [5, 5.41) is 4.81. The van der Waals surface area contributed by atoms with Gasteiger partial charge in [-0.25, -0.2) is 0 Å². The first-order valence-electron chi connectivity index (χ1n) is 7.48. The Morgan fingerprint density at radius 3 is 2.57 bits per heavy atom. The number of hydrogen-bond acceptors (Lipinski definition) is 3. The van der Waals surface area contributed by atoms with E-state index < -0.39 is 0 Å². The second-order valence-electron chi connectivity index (χ2n) is 5.80. The first-order chi connectivity index (χ1) is 10.0. The summed E-state index contributed by atoms with van der Waals surface area (Å²) >= 11 is 12.6. The maximum atomic E-state index is 6.29. The van der Waals surface area contributed by atoms with Gasteiger partial charge in [0.25, 0.3) is 0 Å². The highest BCUT2D eigenvalue weighted by Crippen LogP contribution is 2.27. The summed E-state index contributed by atoms with van der Waals surface area (Å²) in [4.78, 5) is 2.45. The molecule has 0 aromatic heterocycles. The van der Waals surface area contributed by atoms with Crippen LogP contribution in [-0.4, -0.2) is 49.8 Å². The number of nitrogens with one attached hydrogen (secondary N) is 1. The van der Waals surface area contributed by atoms with Gasteiger partial charge in [-0.3, -0.25) is 4.90 Å². The van der Waals surface area contributed by atoms with E-state index in [1.807, 2.05) is 25.2 Å². The summed E-state index contributed by atoms with van der Waals surface area (Å²) in [7, 11) is 1.97. The lowest BCUT2D eigenvalue weighted by atomic mass is 9.99. The van der Waals surface area contributed by atoms with E-state index in [1.54, 1.807) is 0 Å². The molecule has 0 aliphatic carbocycles. The van der Waals surface area contributed by atoms with E-state index >= 15 is 0 Å². The minimum absolute atomic E-state index is 0.151. The van der Waals surface area contributed by atoms with E-state index in [4.69, 9.17) is 27.9 Å². The minimum Gasteiger partial charge on any atom is -0.374 e. The van der Waals surface area contributed by atoms with E-state index in [2.05, 4.69) is 24.1 Å². The van der Waals surface area contributed by atoms with Crippen molar-refractivity contribution >= 4 is 23.2 Å². The van der Waals surface area contributed by atoms with E-state index in [9.17, 15) is 0 Å². The van der Waals surface area contributed by atoms with Crippen LogP contribution in [0.4, 0.5) is 0 Å². The lowest BCUT2D eigenvalue weighted by Crippen LogP contribution is -2.53. The predicted molar refractivity (Wildman–Crippen MR) is 89.5 cm³/mol. The molecule has 2 unspecified atom stereocenters. The van der Waals surface area contributed by atoms with Crippen molar-refractivity contribution < 1.29 is 4.74 Å². The smallest absolute Gasteiger partial charge is 0.0858 e. The Kier molecular flexibility index (Phi) is 6.33. The SMILES string of the molecule is CNC(Cc1c(Cl)cccc1Cl)C1CN(C(C)C)CCO1. The molecule has 118 valence electrons. The molecule has 2 atom stereocenters. The van der Waals surface area contributed by atoms with Crippen molar-refractivity contribution in [2.75, 3.05) is 26.7 Å². The van der Waals surface area contributed by atoms with E-state index in [0.717, 1.165) is 41.7 Å². The number of likely N-dealkylation sites (N-methyl/N-ethyl adjacent to an activating group) is 1. The number of halogens is 2. The topological polar surface area (TPSA) is 24.5 Å². The summed E-state index contributed by atoms with van der Waals surface area (Å²) in [6.07, 6.45) is 0.921. The molecule has 0 bridgehead atoms. The van der Waals surface area contributed by atoms with Gasteiger partial charge in [0.15, 0.2) is 0 Å². The van der Waals surface area contributed by atoms with Crippen LogP contribution < -0.4 is 5.32 Å². The normalized spacial score (nSPS) is 21.7. The highest BCUT2D eigenvalue weighted by Gasteiger charge is 2.29. The van der Waals surface area contributed by atoms with Gasteiger partial charge in [0.05, 0.1) is 12.7 Å². The van der Waals surface area contributed by atoms with Gasteiger partial charge < -0.3 is 10.1 Å². The zero-order valence-electron chi connectivity index (χ0n) is 12.9. The molecular weight excluding hydrogens is 307 g/mol. The van der Waals surface area contributed by atoms with Gasteiger partial charge in [-0.05, 0) is 45.0 Å². The monoisotopic (exact) mass is 330 g/mol. The zero-order chi connectivity index (χ0) is 15.4. The second-order valence-corrected chi connectivity index (χ2v) is 6.61. The zero-order valence-corrected chi connectivity index (χ0v) is 14.4. The average Bonchev–Trinajstić information content (AvgIpc) is 2.47. The molecule has 1 heterocycles. The molecule has 1 fully saturated rings. The van der Waals surface area contributed by atoms with Crippen molar-refractivity contribution in [3.8, 4) is 0 Å². The van der Waals surface area contributed by atoms with Gasteiger partial charge in [0.2, 0.25) is 0 Å². The summed E-state index contributed by atoms with van der Waals surface area (Å²) in [6, 6.07) is 6.39. The molecule has 1 saturated heterocycles. The molecule has 0 radical (unpaired) electrons. The number of nitrogens with zero attached hydrogens (tertiary/aromatic N) is 1. The molecular formula is C16H24Cl2N2O. The number of rotatable bonds is 5. The molecule has 1 aliphatic heterocycles. The molecule has 1 aromatic rings. The van der Waals surface area contributed by atoms with Crippen molar-refractivity contribution in [1.29, 1.82) is 0 Å². The predicted octanol–water partition coefficient (Wildman–Crippen LogP) is 3.23. The van der Waals surface area contributed by atoms with Crippen LogP contribution in [0.1, 0.15) is 19.4 Å². The van der Waals surface area contributed by atoms with E-state index in [1.165, 1.54) is 0 Å². The average molecular weight is 331 g/mol. The Morgan fingerprint density at radius 2 is 2.00 bits per heavy atom. The molecule has 0 spiro atoms. The van der Waals surface area contributed by atoms with Crippen LogP contribution in [0.2, 0.25) is 10.0 Å². The molecule has 5 heteroatoms. The first-order valence-corrected chi connectivity index (χ1v) is 8.24. The largest absolute Gasteiger partial charge is 0.374 e. The standard InChI is InChI=1S/C16H24Cl2N2O/c1-11(2)20-7-8-21-16(10-20)15(19-3)9-12-13(17)5-4-6-14(12)18/h4-6,11,15-16,19H,7-10H2,1-3H3. The van der Waals surface area contributed by atoms with Gasteiger partial charge in [-0.2, -0.15) is 0 Å². The summed E-state index contributed by atoms with van der Waals surface area (Å²) in [5.41, 5.74) is 0.991. The van der Waals surface area contributed by atoms with Crippen LogP contribution in [0.3, 0.4) is 0 Å². The van der Waals surface area contributed by atoms with Gasteiger partial charge in [-0.15, -0.1) is 0 Å². The highest BCUT2D eigenvalue weighted by molar-refractivity contribution is 6.36. The van der Waals surface area contributed by atoms with Crippen LogP contribution >= 0.6 is 23.2 Å². The molecule has 1 N–H and O–H groups in total. The van der Waals surface area contributed by atoms with Crippen LogP contribution in [0.25, 0.3) is 0 Å². The van der Waals surface area contributed by atoms with Crippen LogP contribution in [-0.2, 0) is 11.2 Å². The first kappa shape index (κ1) is 17.0. The molecule has 2 rings (SSSR count). The highest BCUT2D eigenvalue weighted by atomic mass is 35.5. The Hall–Kier alpha value is -0.320. The van der Waals surface area contributed by atoms with Crippen LogP contribution in [0.5, 0.6) is 0 Å². The van der Waals surface area contributed by atoms with E-state index in [-0.39, 0.29) is 12.1 Å². The lowest BCUT2D eigenvalue weighted by molar-refractivity contribution is -0.0541. The Bertz CT molecular complexity index is 447. The molecule has 1 aromatic carbocycles. The van der Waals surface area contributed by atoms with Crippen LogP contribution in [0.15, 0.2) is 18.2 Å². The summed E-state index contributed by atoms with van der Waals surface area (Å²) < 4.78 is 5.97. The number of ether oxygens (including phenoxy) is 1. The molecule has 3 nitrogen and oxygen atoms in total. The van der Waals surface area contributed by atoms with Crippen LogP contribution in [0, 0.1) is 0 Å². The fraction of sp³-hybridized carbons (Fsp3) is 0.625. The summed E-state index contributed by atoms with van der Waals surface area (Å²) in [6.45, 7) is 7.16. The maximum absolute atomic E-state index is 6.29. The lowest BCUT2D eigenvalue weighted by Gasteiger charge is -2.39. The maximum Gasteiger partial charge on any atom is 0.0858 e. The third-order valence-corrected chi connectivity index (χ3v) is 4.87. The van der Waals surface area contributed by atoms with Gasteiger partial charge >= 0.3 is 0 Å². The molecule has 0 saturated carbocycles. The van der Waals surface area contributed by atoms with Gasteiger partial charge in [0, 0.05) is 35.2 Å². The van der Waals surface area contributed by atoms with E-state index in [0.29, 0.717) is 6.04 Å². The molecule has 1 aliphatic rings. The number of benzene rings is 1. The third-order valence-electron chi connectivity index (χ3n) is 4.16. The van der Waals surface area contributed by atoms with Crippen molar-refractivity contribution in [3.63, 3.8) is 0 Å². The quantitative estimate of drug-likeness (QED) is 0.896. The number of hydrogen-bond donors (Lipinski definition) is 1.